The summed E-state index contributed by atoms with van der Waals surface area (Å²) in [6.45, 7) is 3.93. The normalized spacial score (nSPS) is 12.5. The van der Waals surface area contributed by atoms with Gasteiger partial charge in [0, 0.05) is 12.5 Å². The number of halogens is 1. The third-order valence-electron chi connectivity index (χ3n) is 2.54. The van der Waals surface area contributed by atoms with Gasteiger partial charge in [0.15, 0.2) is 5.75 Å². The number of carbonyl (C=O) groups excluding carboxylic acids is 1. The van der Waals surface area contributed by atoms with E-state index in [1.165, 1.54) is 0 Å². The van der Waals surface area contributed by atoms with Crippen LogP contribution in [0.5, 0.6) is 5.75 Å². The van der Waals surface area contributed by atoms with E-state index in [4.69, 9.17) is 5.73 Å². The van der Waals surface area contributed by atoms with Crippen LogP contribution >= 0.6 is 15.9 Å². The van der Waals surface area contributed by atoms with Crippen molar-refractivity contribution in [2.75, 3.05) is 5.32 Å². The zero-order chi connectivity index (χ0) is 13.0. The second-order valence-electron chi connectivity index (χ2n) is 4.30. The molecule has 1 amide bonds. The van der Waals surface area contributed by atoms with E-state index in [0.29, 0.717) is 10.2 Å². The lowest BCUT2D eigenvalue weighted by molar-refractivity contribution is -0.116. The Morgan fingerprint density at radius 1 is 1.53 bits per heavy atom. The van der Waals surface area contributed by atoms with Crippen LogP contribution in [0.1, 0.15) is 20.3 Å². The van der Waals surface area contributed by atoms with E-state index in [-0.39, 0.29) is 30.0 Å². The molecule has 1 rings (SSSR count). The van der Waals surface area contributed by atoms with Gasteiger partial charge in [-0.15, -0.1) is 0 Å². The van der Waals surface area contributed by atoms with E-state index in [1.54, 1.807) is 18.2 Å². The molecule has 4 nitrogen and oxygen atoms in total. The molecule has 0 radical (unpaired) electrons. The minimum Gasteiger partial charge on any atom is -0.505 e. The fraction of sp³-hybridized carbons (Fsp3) is 0.417. The van der Waals surface area contributed by atoms with E-state index in [0.717, 1.165) is 0 Å². The van der Waals surface area contributed by atoms with Gasteiger partial charge in [0.2, 0.25) is 5.91 Å². The number of hydrogen-bond acceptors (Lipinski definition) is 3. The van der Waals surface area contributed by atoms with Crippen molar-refractivity contribution in [3.8, 4) is 5.75 Å². The van der Waals surface area contributed by atoms with E-state index in [2.05, 4.69) is 21.2 Å². The summed E-state index contributed by atoms with van der Waals surface area (Å²) in [5.74, 6) is 0.0791. The zero-order valence-electron chi connectivity index (χ0n) is 9.90. The van der Waals surface area contributed by atoms with Crippen molar-refractivity contribution < 1.29 is 9.90 Å². The molecule has 5 heteroatoms. The number of benzene rings is 1. The summed E-state index contributed by atoms with van der Waals surface area (Å²) in [7, 11) is 0. The Morgan fingerprint density at radius 3 is 2.76 bits per heavy atom. The molecule has 1 unspecified atom stereocenters. The first-order chi connectivity index (χ1) is 7.91. The molecular weight excluding hydrogens is 284 g/mol. The van der Waals surface area contributed by atoms with Crippen LogP contribution in [0, 0.1) is 5.92 Å². The van der Waals surface area contributed by atoms with Gasteiger partial charge in [0.1, 0.15) is 0 Å². The topological polar surface area (TPSA) is 75.4 Å². The standard InChI is InChI=1S/C12H17BrN2O2/c1-7(2)9(14)6-11(16)15-10-5-3-4-8(13)12(10)17/h3-5,7,9,17H,6,14H2,1-2H3,(H,15,16). The third-order valence-corrected chi connectivity index (χ3v) is 3.18. The van der Waals surface area contributed by atoms with Crippen molar-refractivity contribution in [1.82, 2.24) is 0 Å². The van der Waals surface area contributed by atoms with Gasteiger partial charge in [-0.3, -0.25) is 4.79 Å². The van der Waals surface area contributed by atoms with Crippen molar-refractivity contribution >= 4 is 27.5 Å². The van der Waals surface area contributed by atoms with E-state index >= 15 is 0 Å². The minimum atomic E-state index is -0.195. The summed E-state index contributed by atoms with van der Waals surface area (Å²) in [6.07, 6.45) is 0.240. The lowest BCUT2D eigenvalue weighted by Crippen LogP contribution is -2.31. The van der Waals surface area contributed by atoms with Gasteiger partial charge >= 0.3 is 0 Å². The number of para-hydroxylation sites is 1. The summed E-state index contributed by atoms with van der Waals surface area (Å²) in [5, 5.41) is 12.3. The van der Waals surface area contributed by atoms with Gasteiger partial charge < -0.3 is 16.2 Å². The fourth-order valence-corrected chi connectivity index (χ4v) is 1.63. The molecule has 94 valence electrons. The Balaban J connectivity index is 2.66. The quantitative estimate of drug-likeness (QED) is 0.748. The molecule has 1 aromatic carbocycles. The van der Waals surface area contributed by atoms with Gasteiger partial charge in [0.05, 0.1) is 10.2 Å². The van der Waals surface area contributed by atoms with Crippen LogP contribution < -0.4 is 11.1 Å². The largest absolute Gasteiger partial charge is 0.505 e. The predicted molar refractivity (Wildman–Crippen MR) is 71.9 cm³/mol. The lowest BCUT2D eigenvalue weighted by atomic mass is 10.0. The average Bonchev–Trinajstić information content (AvgIpc) is 2.24. The maximum atomic E-state index is 11.7. The predicted octanol–water partition coefficient (Wildman–Crippen LogP) is 2.47. The maximum absolute atomic E-state index is 11.7. The average molecular weight is 301 g/mol. The minimum absolute atomic E-state index is 0.0268. The zero-order valence-corrected chi connectivity index (χ0v) is 11.5. The molecule has 4 N–H and O–H groups in total. The number of hydrogen-bond donors (Lipinski definition) is 3. The maximum Gasteiger partial charge on any atom is 0.226 e. The molecule has 0 bridgehead atoms. The van der Waals surface area contributed by atoms with Crippen LogP contribution in [0.2, 0.25) is 0 Å². The summed E-state index contributed by atoms with van der Waals surface area (Å²) in [4.78, 5) is 11.7. The first kappa shape index (κ1) is 14.0. The fourth-order valence-electron chi connectivity index (χ4n) is 1.27. The van der Waals surface area contributed by atoms with Crippen molar-refractivity contribution in [3.05, 3.63) is 22.7 Å². The molecule has 0 aromatic heterocycles. The second-order valence-corrected chi connectivity index (χ2v) is 5.15. The van der Waals surface area contributed by atoms with Crippen LogP contribution in [0.15, 0.2) is 22.7 Å². The summed E-state index contributed by atoms with van der Waals surface area (Å²) < 4.78 is 0.545. The molecule has 0 heterocycles. The molecule has 0 aliphatic heterocycles. The number of anilines is 1. The van der Waals surface area contributed by atoms with Crippen LogP contribution in [-0.2, 0) is 4.79 Å². The summed E-state index contributed by atoms with van der Waals surface area (Å²) in [5.41, 5.74) is 6.20. The van der Waals surface area contributed by atoms with E-state index in [9.17, 15) is 9.90 Å². The number of aromatic hydroxyl groups is 1. The Morgan fingerprint density at radius 2 is 2.18 bits per heavy atom. The van der Waals surface area contributed by atoms with Gasteiger partial charge in [-0.1, -0.05) is 19.9 Å². The first-order valence-electron chi connectivity index (χ1n) is 5.44. The molecule has 1 aromatic rings. The highest BCUT2D eigenvalue weighted by atomic mass is 79.9. The van der Waals surface area contributed by atoms with Crippen LogP contribution in [0.4, 0.5) is 5.69 Å². The summed E-state index contributed by atoms with van der Waals surface area (Å²) >= 11 is 3.18. The van der Waals surface area contributed by atoms with Crippen LogP contribution in [0.3, 0.4) is 0 Å². The Kier molecular flexibility index (Phi) is 4.96. The molecular formula is C12H17BrN2O2. The first-order valence-corrected chi connectivity index (χ1v) is 6.24. The van der Waals surface area contributed by atoms with Gasteiger partial charge in [-0.05, 0) is 34.0 Å². The van der Waals surface area contributed by atoms with E-state index < -0.39 is 0 Å². The molecule has 0 aliphatic rings. The Bertz CT molecular complexity index is 407. The number of carbonyl (C=O) groups is 1. The molecule has 0 fully saturated rings. The number of amides is 1. The SMILES string of the molecule is CC(C)C(N)CC(=O)Nc1cccc(Br)c1O. The highest BCUT2D eigenvalue weighted by Crippen LogP contribution is 2.31. The smallest absolute Gasteiger partial charge is 0.226 e. The Hall–Kier alpha value is -1.07. The number of phenols is 1. The van der Waals surface area contributed by atoms with E-state index in [1.807, 2.05) is 13.8 Å². The number of rotatable bonds is 4. The molecule has 1 atom stereocenters. The summed E-state index contributed by atoms with van der Waals surface area (Å²) in [6, 6.07) is 4.90. The number of nitrogens with two attached hydrogens (primary N) is 1. The third kappa shape index (κ3) is 4.02. The molecule has 0 spiro atoms. The van der Waals surface area contributed by atoms with Crippen LogP contribution in [0.25, 0.3) is 0 Å². The molecule has 0 saturated heterocycles. The van der Waals surface area contributed by atoms with Crippen molar-refractivity contribution in [1.29, 1.82) is 0 Å². The highest BCUT2D eigenvalue weighted by molar-refractivity contribution is 9.10. The van der Waals surface area contributed by atoms with Crippen molar-refractivity contribution in [3.63, 3.8) is 0 Å². The second kappa shape index (κ2) is 6.02. The molecule has 17 heavy (non-hydrogen) atoms. The monoisotopic (exact) mass is 300 g/mol. The molecule has 0 saturated carbocycles. The number of nitrogens with one attached hydrogen (secondary N) is 1. The van der Waals surface area contributed by atoms with Crippen LogP contribution in [-0.4, -0.2) is 17.1 Å². The number of phenolic OH excluding ortho intramolecular Hbond substituents is 1. The van der Waals surface area contributed by atoms with Crippen molar-refractivity contribution in [2.45, 2.75) is 26.3 Å². The highest BCUT2D eigenvalue weighted by Gasteiger charge is 2.14. The van der Waals surface area contributed by atoms with Gasteiger partial charge in [-0.2, -0.15) is 0 Å². The Labute approximate surface area is 109 Å². The lowest BCUT2D eigenvalue weighted by Gasteiger charge is -2.15. The molecule has 0 aliphatic carbocycles. The van der Waals surface area contributed by atoms with Crippen molar-refractivity contribution in [2.24, 2.45) is 11.7 Å². The van der Waals surface area contributed by atoms with Gasteiger partial charge in [0.25, 0.3) is 0 Å². The van der Waals surface area contributed by atoms with Gasteiger partial charge in [-0.25, -0.2) is 0 Å².